The lowest BCUT2D eigenvalue weighted by molar-refractivity contribution is -0.124. The van der Waals surface area contributed by atoms with Gasteiger partial charge in [0.2, 0.25) is 5.91 Å². The third-order valence-corrected chi connectivity index (χ3v) is 4.12. The van der Waals surface area contributed by atoms with Crippen molar-refractivity contribution in [2.45, 2.75) is 50.1 Å². The zero-order valence-corrected chi connectivity index (χ0v) is 13.1. The average molecular weight is 298 g/mol. The molecule has 1 rings (SSSR count). The van der Waals surface area contributed by atoms with Crippen molar-refractivity contribution >= 4 is 17.7 Å². The highest BCUT2D eigenvalue weighted by molar-refractivity contribution is 7.99. The first-order valence-electron chi connectivity index (χ1n) is 6.79. The monoisotopic (exact) mass is 298 g/mol. The van der Waals surface area contributed by atoms with Gasteiger partial charge in [-0.1, -0.05) is 6.07 Å². The summed E-state index contributed by atoms with van der Waals surface area (Å²) in [4.78, 5) is 12.5. The normalized spacial score (nSPS) is 14.2. The minimum atomic E-state index is -0.684. The molecule has 0 aliphatic heterocycles. The number of carbonyl (C=O) groups is 1. The highest BCUT2D eigenvalue weighted by Gasteiger charge is 2.30. The number of hydrogen-bond donors (Lipinski definition) is 2. The first-order valence-corrected chi connectivity index (χ1v) is 7.78. The van der Waals surface area contributed by atoms with E-state index in [-0.39, 0.29) is 17.8 Å². The topological polar surface area (TPSA) is 55.1 Å². The first kappa shape index (κ1) is 17.0. The Hall–Kier alpha value is -1.07. The summed E-state index contributed by atoms with van der Waals surface area (Å²) in [6.07, 6.45) is 1.50. The van der Waals surface area contributed by atoms with Crippen molar-refractivity contribution in [2.75, 3.05) is 5.75 Å². The Morgan fingerprint density at radius 1 is 1.50 bits per heavy atom. The molecule has 1 unspecified atom stereocenters. The summed E-state index contributed by atoms with van der Waals surface area (Å²) < 4.78 is 13.0. The summed E-state index contributed by atoms with van der Waals surface area (Å²) in [6.45, 7) is 5.81. The summed E-state index contributed by atoms with van der Waals surface area (Å²) in [5.74, 6) is 0.270. The quantitative estimate of drug-likeness (QED) is 0.573. The predicted octanol–water partition coefficient (Wildman–Crippen LogP) is 2.94. The molecule has 1 amide bonds. The van der Waals surface area contributed by atoms with Crippen LogP contribution in [0.4, 0.5) is 4.39 Å². The molecule has 0 saturated heterocycles. The van der Waals surface area contributed by atoms with Gasteiger partial charge < -0.3 is 11.1 Å². The maximum Gasteiger partial charge on any atom is 0.237 e. The van der Waals surface area contributed by atoms with Crippen LogP contribution in [0.25, 0.3) is 0 Å². The van der Waals surface area contributed by atoms with Crippen molar-refractivity contribution in [1.29, 1.82) is 0 Å². The molecular weight excluding hydrogens is 275 g/mol. The lowest BCUT2D eigenvalue weighted by Gasteiger charge is -2.29. The molecule has 3 N–H and O–H groups in total. The fraction of sp³-hybridized carbons (Fsp3) is 0.533. The van der Waals surface area contributed by atoms with Gasteiger partial charge in [-0.25, -0.2) is 4.39 Å². The van der Waals surface area contributed by atoms with E-state index >= 15 is 0 Å². The summed E-state index contributed by atoms with van der Waals surface area (Å²) in [5, 5.41) is 3.22. The van der Waals surface area contributed by atoms with Gasteiger partial charge in [0.05, 0.1) is 5.54 Å². The lowest BCUT2D eigenvalue weighted by atomic mass is 9.94. The van der Waals surface area contributed by atoms with E-state index in [4.69, 9.17) is 5.73 Å². The Kier molecular flexibility index (Phi) is 6.49. The van der Waals surface area contributed by atoms with Gasteiger partial charge in [-0.15, -0.1) is 11.8 Å². The number of primary amides is 1. The Balaban J connectivity index is 2.43. The summed E-state index contributed by atoms with van der Waals surface area (Å²) in [6, 6.07) is 6.73. The largest absolute Gasteiger partial charge is 0.368 e. The molecule has 1 aromatic rings. The first-order chi connectivity index (χ1) is 9.33. The number of nitrogens with one attached hydrogen (secondary N) is 1. The molecule has 5 heteroatoms. The van der Waals surface area contributed by atoms with E-state index in [0.717, 1.165) is 17.1 Å². The molecule has 0 spiro atoms. The number of nitrogens with two attached hydrogens (primary N) is 1. The van der Waals surface area contributed by atoms with Gasteiger partial charge in [-0.3, -0.25) is 4.79 Å². The van der Waals surface area contributed by atoms with Crippen LogP contribution in [0.2, 0.25) is 0 Å². The highest BCUT2D eigenvalue weighted by atomic mass is 32.2. The van der Waals surface area contributed by atoms with E-state index in [1.54, 1.807) is 17.8 Å². The van der Waals surface area contributed by atoms with Crippen LogP contribution in [-0.2, 0) is 4.79 Å². The minimum Gasteiger partial charge on any atom is -0.368 e. The number of amides is 1. The second-order valence-corrected chi connectivity index (χ2v) is 6.57. The van der Waals surface area contributed by atoms with Crippen LogP contribution in [0.3, 0.4) is 0 Å². The Bertz CT molecular complexity index is 453. The van der Waals surface area contributed by atoms with Gasteiger partial charge in [0.25, 0.3) is 0 Å². The minimum absolute atomic E-state index is 0.198. The Morgan fingerprint density at radius 3 is 2.75 bits per heavy atom. The van der Waals surface area contributed by atoms with Gasteiger partial charge in [-0.2, -0.15) is 0 Å². The molecule has 1 aromatic carbocycles. The van der Waals surface area contributed by atoms with E-state index in [0.29, 0.717) is 6.42 Å². The molecule has 0 heterocycles. The predicted molar refractivity (Wildman–Crippen MR) is 82.2 cm³/mol. The van der Waals surface area contributed by atoms with Crippen molar-refractivity contribution in [3.05, 3.63) is 30.1 Å². The van der Waals surface area contributed by atoms with Gasteiger partial charge >= 0.3 is 0 Å². The second kappa shape index (κ2) is 7.64. The SMILES string of the molecule is CC(C)NC(C)(CCCSc1cccc(F)c1)C(N)=O. The van der Waals surface area contributed by atoms with Crippen molar-refractivity contribution in [3.63, 3.8) is 0 Å². The van der Waals surface area contributed by atoms with Crippen molar-refractivity contribution in [1.82, 2.24) is 5.32 Å². The van der Waals surface area contributed by atoms with Crippen LogP contribution in [0.15, 0.2) is 29.2 Å². The molecule has 0 aliphatic carbocycles. The summed E-state index contributed by atoms with van der Waals surface area (Å²) in [7, 11) is 0. The van der Waals surface area contributed by atoms with Crippen LogP contribution >= 0.6 is 11.8 Å². The summed E-state index contributed by atoms with van der Waals surface area (Å²) in [5.41, 5.74) is 4.79. The van der Waals surface area contributed by atoms with E-state index in [1.165, 1.54) is 12.1 Å². The lowest BCUT2D eigenvalue weighted by Crippen LogP contribution is -2.55. The van der Waals surface area contributed by atoms with Crippen molar-refractivity contribution in [3.8, 4) is 0 Å². The van der Waals surface area contributed by atoms with E-state index < -0.39 is 5.54 Å². The number of benzene rings is 1. The van der Waals surface area contributed by atoms with Crippen LogP contribution in [0.1, 0.15) is 33.6 Å². The third kappa shape index (κ3) is 5.51. The number of rotatable bonds is 8. The average Bonchev–Trinajstić information content (AvgIpc) is 2.34. The van der Waals surface area contributed by atoms with Crippen molar-refractivity contribution < 1.29 is 9.18 Å². The number of hydrogen-bond acceptors (Lipinski definition) is 3. The zero-order valence-electron chi connectivity index (χ0n) is 12.3. The zero-order chi connectivity index (χ0) is 15.2. The third-order valence-electron chi connectivity index (χ3n) is 3.04. The van der Waals surface area contributed by atoms with Crippen LogP contribution < -0.4 is 11.1 Å². The maximum atomic E-state index is 13.0. The fourth-order valence-corrected chi connectivity index (χ4v) is 2.97. The molecule has 0 aliphatic rings. The Labute approximate surface area is 124 Å². The fourth-order valence-electron chi connectivity index (χ4n) is 2.08. The number of carbonyl (C=O) groups excluding carboxylic acids is 1. The molecule has 1 atom stereocenters. The van der Waals surface area contributed by atoms with E-state index in [2.05, 4.69) is 5.32 Å². The molecule has 20 heavy (non-hydrogen) atoms. The number of thioether (sulfide) groups is 1. The number of halogens is 1. The van der Waals surface area contributed by atoms with Gasteiger partial charge in [0, 0.05) is 10.9 Å². The highest BCUT2D eigenvalue weighted by Crippen LogP contribution is 2.22. The molecular formula is C15H23FN2OS. The second-order valence-electron chi connectivity index (χ2n) is 5.40. The molecule has 0 aromatic heterocycles. The van der Waals surface area contributed by atoms with Crippen LogP contribution in [-0.4, -0.2) is 23.2 Å². The molecule has 0 saturated carbocycles. The molecule has 0 fully saturated rings. The van der Waals surface area contributed by atoms with Gasteiger partial charge in [-0.05, 0) is 57.6 Å². The van der Waals surface area contributed by atoms with Gasteiger partial charge in [0.15, 0.2) is 0 Å². The molecule has 3 nitrogen and oxygen atoms in total. The standard InChI is InChI=1S/C15H23FN2OS/c1-11(2)18-15(3,14(17)19)8-5-9-20-13-7-4-6-12(16)10-13/h4,6-7,10-11,18H,5,8-9H2,1-3H3,(H2,17,19). The molecule has 0 radical (unpaired) electrons. The Morgan fingerprint density at radius 2 is 2.20 bits per heavy atom. The molecule has 112 valence electrons. The van der Waals surface area contributed by atoms with Crippen LogP contribution in [0, 0.1) is 5.82 Å². The smallest absolute Gasteiger partial charge is 0.237 e. The maximum absolute atomic E-state index is 13.0. The van der Waals surface area contributed by atoms with Crippen LogP contribution in [0.5, 0.6) is 0 Å². The van der Waals surface area contributed by atoms with Crippen molar-refractivity contribution in [2.24, 2.45) is 5.73 Å². The summed E-state index contributed by atoms with van der Waals surface area (Å²) >= 11 is 1.59. The molecule has 0 bridgehead atoms. The van der Waals surface area contributed by atoms with E-state index in [9.17, 15) is 9.18 Å². The van der Waals surface area contributed by atoms with Gasteiger partial charge in [0.1, 0.15) is 5.82 Å². The van der Waals surface area contributed by atoms with E-state index in [1.807, 2.05) is 26.8 Å².